The lowest BCUT2D eigenvalue weighted by molar-refractivity contribution is 0.305. The summed E-state index contributed by atoms with van der Waals surface area (Å²) < 4.78 is 14.3. The van der Waals surface area contributed by atoms with Gasteiger partial charge in [0.25, 0.3) is 0 Å². The van der Waals surface area contributed by atoms with E-state index in [4.69, 9.17) is 0 Å². The standard InChI is InChI=1S/C15H21BrFN/c1-18-15(7-11-5-3-2-4-6-11)12-8-13(16)10-14(17)9-12/h8-11,15,18H,2-7H2,1H3. The van der Waals surface area contributed by atoms with Gasteiger partial charge in [0, 0.05) is 10.5 Å². The van der Waals surface area contributed by atoms with Crippen LogP contribution in [0.1, 0.15) is 50.1 Å². The molecule has 100 valence electrons. The Kier molecular flexibility index (Phi) is 5.19. The Morgan fingerprint density at radius 1 is 1.28 bits per heavy atom. The first-order valence-electron chi connectivity index (χ1n) is 6.82. The summed E-state index contributed by atoms with van der Waals surface area (Å²) in [5, 5.41) is 3.33. The number of rotatable bonds is 4. The molecule has 0 aromatic heterocycles. The summed E-state index contributed by atoms with van der Waals surface area (Å²) in [7, 11) is 1.96. The van der Waals surface area contributed by atoms with Crippen LogP contribution in [-0.2, 0) is 0 Å². The lowest BCUT2D eigenvalue weighted by Crippen LogP contribution is -2.21. The highest BCUT2D eigenvalue weighted by molar-refractivity contribution is 9.10. The maximum absolute atomic E-state index is 13.4. The molecule has 1 aliphatic carbocycles. The van der Waals surface area contributed by atoms with Gasteiger partial charge in [0.15, 0.2) is 0 Å². The lowest BCUT2D eigenvalue weighted by atomic mass is 9.83. The minimum atomic E-state index is -0.164. The topological polar surface area (TPSA) is 12.0 Å². The van der Waals surface area contributed by atoms with E-state index in [2.05, 4.69) is 21.2 Å². The van der Waals surface area contributed by atoms with Crippen molar-refractivity contribution >= 4 is 15.9 Å². The van der Waals surface area contributed by atoms with E-state index in [-0.39, 0.29) is 11.9 Å². The molecule has 18 heavy (non-hydrogen) atoms. The van der Waals surface area contributed by atoms with Crippen LogP contribution >= 0.6 is 15.9 Å². The fourth-order valence-electron chi connectivity index (χ4n) is 2.95. The molecule has 1 nitrogen and oxygen atoms in total. The van der Waals surface area contributed by atoms with E-state index in [1.165, 1.54) is 38.2 Å². The van der Waals surface area contributed by atoms with E-state index >= 15 is 0 Å². The third-order valence-corrected chi connectivity index (χ3v) is 4.39. The van der Waals surface area contributed by atoms with Crippen molar-refractivity contribution in [3.63, 3.8) is 0 Å². The quantitative estimate of drug-likeness (QED) is 0.840. The molecule has 0 aliphatic heterocycles. The van der Waals surface area contributed by atoms with Crippen LogP contribution in [0.3, 0.4) is 0 Å². The predicted molar refractivity (Wildman–Crippen MR) is 77.1 cm³/mol. The first-order chi connectivity index (χ1) is 8.69. The summed E-state index contributed by atoms with van der Waals surface area (Å²) in [6, 6.07) is 5.44. The van der Waals surface area contributed by atoms with Crippen LogP contribution in [0.5, 0.6) is 0 Å². The summed E-state index contributed by atoms with van der Waals surface area (Å²) in [5.74, 6) is 0.626. The monoisotopic (exact) mass is 313 g/mol. The first kappa shape index (κ1) is 14.0. The zero-order chi connectivity index (χ0) is 13.0. The van der Waals surface area contributed by atoms with Crippen LogP contribution in [-0.4, -0.2) is 7.05 Å². The fraction of sp³-hybridized carbons (Fsp3) is 0.600. The summed E-state index contributed by atoms with van der Waals surface area (Å²) in [4.78, 5) is 0. The number of nitrogens with one attached hydrogen (secondary N) is 1. The molecule has 1 atom stereocenters. The summed E-state index contributed by atoms with van der Waals surface area (Å²) in [5.41, 5.74) is 1.05. The number of hydrogen-bond donors (Lipinski definition) is 1. The normalized spacial score (nSPS) is 18.8. The Bertz CT molecular complexity index is 368. The third kappa shape index (κ3) is 3.79. The Balaban J connectivity index is 2.06. The maximum Gasteiger partial charge on any atom is 0.124 e. The zero-order valence-electron chi connectivity index (χ0n) is 10.9. The van der Waals surface area contributed by atoms with Gasteiger partial charge in [0.1, 0.15) is 5.82 Å². The fourth-order valence-corrected chi connectivity index (χ4v) is 3.44. The van der Waals surface area contributed by atoms with Crippen LogP contribution < -0.4 is 5.32 Å². The molecule has 1 aromatic rings. The van der Waals surface area contributed by atoms with Crippen LogP contribution in [0.15, 0.2) is 22.7 Å². The molecule has 1 aliphatic rings. The van der Waals surface area contributed by atoms with Gasteiger partial charge in [-0.2, -0.15) is 0 Å². The summed E-state index contributed by atoms with van der Waals surface area (Å²) in [6.07, 6.45) is 7.86. The van der Waals surface area contributed by atoms with Gasteiger partial charge in [0.05, 0.1) is 0 Å². The zero-order valence-corrected chi connectivity index (χ0v) is 12.5. The Hall–Kier alpha value is -0.410. The van der Waals surface area contributed by atoms with Crippen LogP contribution in [0.4, 0.5) is 4.39 Å². The smallest absolute Gasteiger partial charge is 0.124 e. The minimum Gasteiger partial charge on any atom is -0.313 e. The predicted octanol–water partition coefficient (Wildman–Crippen LogP) is 4.82. The van der Waals surface area contributed by atoms with Crippen molar-refractivity contribution in [1.82, 2.24) is 5.32 Å². The average Bonchev–Trinajstić information content (AvgIpc) is 2.36. The van der Waals surface area contributed by atoms with Gasteiger partial charge in [-0.3, -0.25) is 0 Å². The largest absolute Gasteiger partial charge is 0.313 e. The molecule has 0 saturated heterocycles. The van der Waals surface area contributed by atoms with Crippen molar-refractivity contribution in [2.45, 2.75) is 44.6 Å². The Morgan fingerprint density at radius 2 is 2.00 bits per heavy atom. The van der Waals surface area contributed by atoms with Gasteiger partial charge in [0.2, 0.25) is 0 Å². The maximum atomic E-state index is 13.4. The van der Waals surface area contributed by atoms with E-state index in [1.807, 2.05) is 13.1 Å². The van der Waals surface area contributed by atoms with Gasteiger partial charge in [-0.25, -0.2) is 4.39 Å². The molecular weight excluding hydrogens is 293 g/mol. The van der Waals surface area contributed by atoms with Crippen molar-refractivity contribution in [1.29, 1.82) is 0 Å². The minimum absolute atomic E-state index is 0.164. The van der Waals surface area contributed by atoms with E-state index in [0.717, 1.165) is 22.4 Å². The summed E-state index contributed by atoms with van der Waals surface area (Å²) in [6.45, 7) is 0. The van der Waals surface area contributed by atoms with E-state index in [1.54, 1.807) is 6.07 Å². The molecule has 0 bridgehead atoms. The van der Waals surface area contributed by atoms with Gasteiger partial charge < -0.3 is 5.32 Å². The van der Waals surface area contributed by atoms with Crippen LogP contribution in [0.25, 0.3) is 0 Å². The second kappa shape index (κ2) is 6.67. The number of benzene rings is 1. The molecule has 3 heteroatoms. The van der Waals surface area contributed by atoms with E-state index in [0.29, 0.717) is 0 Å². The van der Waals surface area contributed by atoms with Crippen molar-refractivity contribution in [3.05, 3.63) is 34.1 Å². The molecular formula is C15H21BrFN. The third-order valence-electron chi connectivity index (χ3n) is 3.93. The van der Waals surface area contributed by atoms with Gasteiger partial charge >= 0.3 is 0 Å². The Labute approximate surface area is 117 Å². The average molecular weight is 314 g/mol. The molecule has 1 fully saturated rings. The molecule has 1 N–H and O–H groups in total. The second-order valence-electron chi connectivity index (χ2n) is 5.28. The number of halogens is 2. The lowest BCUT2D eigenvalue weighted by Gasteiger charge is -2.26. The van der Waals surface area contributed by atoms with Crippen LogP contribution in [0.2, 0.25) is 0 Å². The van der Waals surface area contributed by atoms with Gasteiger partial charge in [-0.1, -0.05) is 48.0 Å². The molecule has 1 unspecified atom stereocenters. The van der Waals surface area contributed by atoms with Crippen molar-refractivity contribution in [2.75, 3.05) is 7.05 Å². The van der Waals surface area contributed by atoms with Gasteiger partial charge in [-0.05, 0) is 43.1 Å². The highest BCUT2D eigenvalue weighted by Gasteiger charge is 2.19. The Morgan fingerprint density at radius 3 is 2.61 bits per heavy atom. The summed E-state index contributed by atoms with van der Waals surface area (Å²) >= 11 is 3.37. The van der Waals surface area contributed by atoms with E-state index in [9.17, 15) is 4.39 Å². The highest BCUT2D eigenvalue weighted by Crippen LogP contribution is 2.32. The molecule has 0 amide bonds. The SMILES string of the molecule is CNC(CC1CCCCC1)c1cc(F)cc(Br)c1. The first-order valence-corrected chi connectivity index (χ1v) is 7.61. The van der Waals surface area contributed by atoms with Crippen molar-refractivity contribution in [3.8, 4) is 0 Å². The number of hydrogen-bond acceptors (Lipinski definition) is 1. The molecule has 0 radical (unpaired) electrons. The van der Waals surface area contributed by atoms with Crippen molar-refractivity contribution in [2.24, 2.45) is 5.92 Å². The van der Waals surface area contributed by atoms with E-state index < -0.39 is 0 Å². The van der Waals surface area contributed by atoms with Crippen LogP contribution in [0, 0.1) is 11.7 Å². The molecule has 0 heterocycles. The molecule has 2 rings (SSSR count). The molecule has 1 aromatic carbocycles. The molecule has 1 saturated carbocycles. The van der Waals surface area contributed by atoms with Crippen molar-refractivity contribution < 1.29 is 4.39 Å². The highest BCUT2D eigenvalue weighted by atomic mass is 79.9. The molecule has 0 spiro atoms. The van der Waals surface area contributed by atoms with Gasteiger partial charge in [-0.15, -0.1) is 0 Å². The second-order valence-corrected chi connectivity index (χ2v) is 6.20.